The molecule has 0 aliphatic carbocycles. The van der Waals surface area contributed by atoms with E-state index < -0.39 is 11.9 Å². The molecule has 0 aliphatic heterocycles. The SMILES string of the molecule is O=C(OC(=O)c1cccc2ccc(Cl)cc12)c1cccc2ccc(Cl)cc12. The van der Waals surface area contributed by atoms with Gasteiger partial charge in [-0.2, -0.15) is 0 Å². The van der Waals surface area contributed by atoms with Crippen LogP contribution in [0.1, 0.15) is 20.7 Å². The van der Waals surface area contributed by atoms with Gasteiger partial charge in [0.2, 0.25) is 0 Å². The highest BCUT2D eigenvalue weighted by molar-refractivity contribution is 6.32. The number of esters is 2. The van der Waals surface area contributed by atoms with E-state index in [0.717, 1.165) is 10.8 Å². The Bertz CT molecular complexity index is 1120. The van der Waals surface area contributed by atoms with Crippen LogP contribution in [0.3, 0.4) is 0 Å². The molecule has 0 aromatic heterocycles. The molecule has 0 spiro atoms. The van der Waals surface area contributed by atoms with Crippen molar-refractivity contribution in [1.82, 2.24) is 0 Å². The molecule has 0 amide bonds. The van der Waals surface area contributed by atoms with E-state index in [1.807, 2.05) is 24.3 Å². The number of fused-ring (bicyclic) bond motifs is 2. The minimum Gasteiger partial charge on any atom is -0.386 e. The van der Waals surface area contributed by atoms with Crippen molar-refractivity contribution in [3.63, 3.8) is 0 Å². The Labute approximate surface area is 165 Å². The minimum absolute atomic E-state index is 0.279. The number of hydrogen-bond acceptors (Lipinski definition) is 3. The van der Waals surface area contributed by atoms with Gasteiger partial charge >= 0.3 is 11.9 Å². The Hall–Kier alpha value is -2.88. The monoisotopic (exact) mass is 394 g/mol. The zero-order chi connectivity index (χ0) is 19.0. The molecule has 0 radical (unpaired) electrons. The van der Waals surface area contributed by atoms with E-state index in [9.17, 15) is 9.59 Å². The third-order valence-corrected chi connectivity index (χ3v) is 4.78. The van der Waals surface area contributed by atoms with Crippen molar-refractivity contribution in [2.24, 2.45) is 0 Å². The van der Waals surface area contributed by atoms with Gasteiger partial charge in [-0.3, -0.25) is 0 Å². The number of rotatable bonds is 2. The van der Waals surface area contributed by atoms with Crippen LogP contribution in [0.4, 0.5) is 0 Å². The molecule has 0 aliphatic rings. The topological polar surface area (TPSA) is 43.4 Å². The Morgan fingerprint density at radius 1 is 0.630 bits per heavy atom. The Kier molecular flexibility index (Phi) is 4.56. The molecule has 0 saturated heterocycles. The highest BCUT2D eigenvalue weighted by Crippen LogP contribution is 2.26. The van der Waals surface area contributed by atoms with Crippen molar-refractivity contribution in [1.29, 1.82) is 0 Å². The van der Waals surface area contributed by atoms with Crippen LogP contribution >= 0.6 is 23.2 Å². The average Bonchev–Trinajstić information content (AvgIpc) is 2.66. The maximum absolute atomic E-state index is 12.6. The van der Waals surface area contributed by atoms with Crippen LogP contribution in [-0.2, 0) is 4.74 Å². The summed E-state index contributed by atoms with van der Waals surface area (Å²) in [6.45, 7) is 0. The van der Waals surface area contributed by atoms with Gasteiger partial charge in [-0.1, -0.05) is 59.6 Å². The first-order valence-corrected chi connectivity index (χ1v) is 8.91. The fourth-order valence-corrected chi connectivity index (χ4v) is 3.38. The first-order chi connectivity index (χ1) is 13.0. The maximum atomic E-state index is 12.6. The number of benzene rings is 4. The molecule has 0 bridgehead atoms. The summed E-state index contributed by atoms with van der Waals surface area (Å²) in [6.07, 6.45) is 0. The van der Waals surface area contributed by atoms with E-state index in [1.165, 1.54) is 0 Å². The number of halogens is 2. The number of ether oxygens (including phenoxy) is 1. The Morgan fingerprint density at radius 2 is 1.07 bits per heavy atom. The zero-order valence-corrected chi connectivity index (χ0v) is 15.4. The average molecular weight is 395 g/mol. The lowest BCUT2D eigenvalue weighted by Gasteiger charge is -2.09. The molecule has 0 heterocycles. The molecule has 3 nitrogen and oxygen atoms in total. The third-order valence-electron chi connectivity index (χ3n) is 4.31. The summed E-state index contributed by atoms with van der Waals surface area (Å²) in [5.74, 6) is -1.46. The molecule has 4 aromatic rings. The molecule has 4 rings (SSSR count). The smallest absolute Gasteiger partial charge is 0.346 e. The highest BCUT2D eigenvalue weighted by atomic mass is 35.5. The molecule has 27 heavy (non-hydrogen) atoms. The summed E-state index contributed by atoms with van der Waals surface area (Å²) < 4.78 is 5.15. The van der Waals surface area contributed by atoms with Crippen LogP contribution in [-0.4, -0.2) is 11.9 Å². The van der Waals surface area contributed by atoms with Gasteiger partial charge in [0.25, 0.3) is 0 Å². The fourth-order valence-electron chi connectivity index (χ4n) is 3.04. The zero-order valence-electron chi connectivity index (χ0n) is 13.9. The van der Waals surface area contributed by atoms with E-state index in [1.54, 1.807) is 48.5 Å². The van der Waals surface area contributed by atoms with E-state index >= 15 is 0 Å². The fraction of sp³-hybridized carbons (Fsp3) is 0. The van der Waals surface area contributed by atoms with Crippen LogP contribution < -0.4 is 0 Å². The van der Waals surface area contributed by atoms with Crippen molar-refractivity contribution < 1.29 is 14.3 Å². The first kappa shape index (κ1) is 17.5. The maximum Gasteiger partial charge on any atom is 0.346 e. The quantitative estimate of drug-likeness (QED) is 0.296. The summed E-state index contributed by atoms with van der Waals surface area (Å²) in [5.41, 5.74) is 0.559. The first-order valence-electron chi connectivity index (χ1n) is 8.16. The van der Waals surface area contributed by atoms with Gasteiger partial charge in [-0.15, -0.1) is 0 Å². The number of carbonyl (C=O) groups excluding carboxylic acids is 2. The van der Waals surface area contributed by atoms with Gasteiger partial charge in [-0.05, 0) is 57.9 Å². The van der Waals surface area contributed by atoms with Gasteiger partial charge in [0, 0.05) is 10.0 Å². The lowest BCUT2D eigenvalue weighted by molar-refractivity contribution is 0.0400. The van der Waals surface area contributed by atoms with E-state index in [-0.39, 0.29) is 11.1 Å². The molecule has 0 unspecified atom stereocenters. The Balaban J connectivity index is 1.71. The van der Waals surface area contributed by atoms with E-state index in [0.29, 0.717) is 20.8 Å². The summed E-state index contributed by atoms with van der Waals surface area (Å²) in [6, 6.07) is 20.8. The normalized spacial score (nSPS) is 10.9. The molecular formula is C22H12Cl2O3. The van der Waals surface area contributed by atoms with Crippen LogP contribution in [0, 0.1) is 0 Å². The second-order valence-electron chi connectivity index (χ2n) is 6.02. The highest BCUT2D eigenvalue weighted by Gasteiger charge is 2.19. The van der Waals surface area contributed by atoms with Crippen LogP contribution in [0.15, 0.2) is 72.8 Å². The molecule has 132 valence electrons. The number of hydrogen-bond donors (Lipinski definition) is 0. The third kappa shape index (κ3) is 3.39. The van der Waals surface area contributed by atoms with Crippen molar-refractivity contribution >= 4 is 56.7 Å². The van der Waals surface area contributed by atoms with Crippen LogP contribution in [0.2, 0.25) is 10.0 Å². The van der Waals surface area contributed by atoms with Gasteiger partial charge < -0.3 is 4.74 Å². The molecule has 0 fully saturated rings. The van der Waals surface area contributed by atoms with Gasteiger partial charge in [0.1, 0.15) is 0 Å². The van der Waals surface area contributed by atoms with Crippen molar-refractivity contribution in [3.8, 4) is 0 Å². The molecule has 5 heteroatoms. The largest absolute Gasteiger partial charge is 0.386 e. The molecule has 0 saturated carbocycles. The van der Waals surface area contributed by atoms with Gasteiger partial charge in [0.15, 0.2) is 0 Å². The van der Waals surface area contributed by atoms with Gasteiger partial charge in [-0.25, -0.2) is 9.59 Å². The second-order valence-corrected chi connectivity index (χ2v) is 6.89. The Morgan fingerprint density at radius 3 is 1.52 bits per heavy atom. The summed E-state index contributed by atoms with van der Waals surface area (Å²) in [7, 11) is 0. The lowest BCUT2D eigenvalue weighted by atomic mass is 10.0. The summed E-state index contributed by atoms with van der Waals surface area (Å²) in [5, 5.41) is 3.92. The van der Waals surface area contributed by atoms with Crippen molar-refractivity contribution in [3.05, 3.63) is 94.0 Å². The molecule has 4 aromatic carbocycles. The minimum atomic E-state index is -0.730. The standard InChI is InChI=1S/C22H12Cl2O3/c23-15-9-7-13-3-1-5-17(19(13)11-15)21(25)27-22(26)18-6-2-4-14-8-10-16(24)12-20(14)18/h1-12H. The van der Waals surface area contributed by atoms with Crippen molar-refractivity contribution in [2.45, 2.75) is 0 Å². The second kappa shape index (κ2) is 7.03. The summed E-state index contributed by atoms with van der Waals surface area (Å²) >= 11 is 12.1. The van der Waals surface area contributed by atoms with Gasteiger partial charge in [0.05, 0.1) is 11.1 Å². The molecular weight excluding hydrogens is 383 g/mol. The van der Waals surface area contributed by atoms with Crippen molar-refractivity contribution in [2.75, 3.05) is 0 Å². The predicted octanol–water partition coefficient (Wildman–Crippen LogP) is 6.30. The van der Waals surface area contributed by atoms with Crippen LogP contribution in [0.5, 0.6) is 0 Å². The van der Waals surface area contributed by atoms with E-state index in [4.69, 9.17) is 27.9 Å². The number of carbonyl (C=O) groups is 2. The molecule has 0 N–H and O–H groups in total. The van der Waals surface area contributed by atoms with Crippen LogP contribution in [0.25, 0.3) is 21.5 Å². The van der Waals surface area contributed by atoms with E-state index in [2.05, 4.69) is 0 Å². The summed E-state index contributed by atoms with van der Waals surface area (Å²) in [4.78, 5) is 25.3. The lowest BCUT2D eigenvalue weighted by Crippen LogP contribution is -2.13. The molecule has 0 atom stereocenters. The predicted molar refractivity (Wildman–Crippen MR) is 108 cm³/mol.